The minimum atomic E-state index is 0.266. The molecule has 14 heavy (non-hydrogen) atoms. The molecule has 2 rings (SSSR count). The zero-order chi connectivity index (χ0) is 9.97. The fourth-order valence-electron chi connectivity index (χ4n) is 2.11. The summed E-state index contributed by atoms with van der Waals surface area (Å²) in [4.78, 5) is 11.1. The maximum absolute atomic E-state index is 11.1. The number of nitrogens with one attached hydrogen (secondary N) is 1. The average molecular weight is 194 g/mol. The fraction of sp³-hybridized carbons (Fsp3) is 0.778. The Morgan fingerprint density at radius 1 is 1.36 bits per heavy atom. The van der Waals surface area contributed by atoms with Crippen molar-refractivity contribution < 1.29 is 4.79 Å². The Balaban J connectivity index is 1.93. The van der Waals surface area contributed by atoms with Gasteiger partial charge < -0.3 is 0 Å². The molecule has 5 nitrogen and oxygen atoms in total. The van der Waals surface area contributed by atoms with E-state index in [9.17, 15) is 4.79 Å². The van der Waals surface area contributed by atoms with Crippen LogP contribution in [-0.2, 0) is 4.79 Å². The van der Waals surface area contributed by atoms with Crippen molar-refractivity contribution in [1.82, 2.24) is 20.6 Å². The predicted octanol–water partition coefficient (Wildman–Crippen LogP) is 1.06. The largest absolute Gasteiger partial charge is 0.300 e. The highest BCUT2D eigenvalue weighted by molar-refractivity contribution is 5.78. The van der Waals surface area contributed by atoms with Gasteiger partial charge in [-0.3, -0.25) is 4.79 Å². The average Bonchev–Trinajstić information content (AvgIpc) is 2.71. The number of carbonyl (C=O) groups excluding carboxylic acids is 1. The summed E-state index contributed by atoms with van der Waals surface area (Å²) in [7, 11) is 0. The molecular weight excluding hydrogens is 180 g/mol. The first-order valence-electron chi connectivity index (χ1n) is 5.01. The van der Waals surface area contributed by atoms with Crippen LogP contribution < -0.4 is 0 Å². The van der Waals surface area contributed by atoms with Gasteiger partial charge in [0.1, 0.15) is 5.78 Å². The van der Waals surface area contributed by atoms with Crippen molar-refractivity contribution in [3.8, 4) is 0 Å². The van der Waals surface area contributed by atoms with E-state index in [4.69, 9.17) is 0 Å². The van der Waals surface area contributed by atoms with Gasteiger partial charge in [-0.25, -0.2) is 5.10 Å². The molecule has 0 bridgehead atoms. The van der Waals surface area contributed by atoms with Crippen LogP contribution in [0, 0.1) is 5.92 Å². The zero-order valence-corrected chi connectivity index (χ0v) is 8.23. The summed E-state index contributed by atoms with van der Waals surface area (Å²) in [6, 6.07) is 0. The maximum atomic E-state index is 11.1. The summed E-state index contributed by atoms with van der Waals surface area (Å²) in [6.07, 6.45) is 3.98. The van der Waals surface area contributed by atoms with Gasteiger partial charge in [-0.1, -0.05) is 0 Å². The third-order valence-electron chi connectivity index (χ3n) is 3.05. The summed E-state index contributed by atoms with van der Waals surface area (Å²) in [6.45, 7) is 1.68. The van der Waals surface area contributed by atoms with Crippen LogP contribution >= 0.6 is 0 Å². The van der Waals surface area contributed by atoms with E-state index in [-0.39, 0.29) is 5.92 Å². The fourth-order valence-corrected chi connectivity index (χ4v) is 2.11. The Hall–Kier alpha value is -1.26. The quantitative estimate of drug-likeness (QED) is 0.764. The lowest BCUT2D eigenvalue weighted by Crippen LogP contribution is -2.19. The first kappa shape index (κ1) is 9.30. The second-order valence-corrected chi connectivity index (χ2v) is 3.95. The lowest BCUT2D eigenvalue weighted by molar-refractivity contribution is -0.121. The van der Waals surface area contributed by atoms with E-state index in [2.05, 4.69) is 20.6 Å². The Bertz CT molecular complexity index is 301. The first-order valence-corrected chi connectivity index (χ1v) is 5.01. The molecule has 0 radical (unpaired) electrons. The normalized spacial score (nSPS) is 27.5. The number of H-pyrrole nitrogens is 1. The molecule has 0 saturated heterocycles. The number of nitrogens with zero attached hydrogens (tertiary/aromatic N) is 3. The summed E-state index contributed by atoms with van der Waals surface area (Å²) in [5.41, 5.74) is 0. The Morgan fingerprint density at radius 2 is 2.07 bits per heavy atom. The summed E-state index contributed by atoms with van der Waals surface area (Å²) in [5, 5.41) is 13.8. The van der Waals surface area contributed by atoms with Gasteiger partial charge in [0.15, 0.2) is 5.82 Å². The van der Waals surface area contributed by atoms with Crippen molar-refractivity contribution in [2.75, 3.05) is 0 Å². The van der Waals surface area contributed by atoms with E-state index in [1.54, 1.807) is 6.92 Å². The van der Waals surface area contributed by atoms with E-state index in [1.807, 2.05) is 0 Å². The van der Waals surface area contributed by atoms with Crippen molar-refractivity contribution in [3.05, 3.63) is 5.82 Å². The molecule has 0 unspecified atom stereocenters. The van der Waals surface area contributed by atoms with E-state index in [1.165, 1.54) is 0 Å². The second-order valence-electron chi connectivity index (χ2n) is 3.95. The monoisotopic (exact) mass is 194 g/mol. The second kappa shape index (κ2) is 3.86. The number of rotatable bonds is 2. The molecule has 1 saturated carbocycles. The zero-order valence-electron chi connectivity index (χ0n) is 8.23. The minimum Gasteiger partial charge on any atom is -0.300 e. The van der Waals surface area contributed by atoms with Crippen molar-refractivity contribution in [2.45, 2.75) is 38.5 Å². The van der Waals surface area contributed by atoms with Gasteiger partial charge in [-0.2, -0.15) is 0 Å². The van der Waals surface area contributed by atoms with Gasteiger partial charge in [0.25, 0.3) is 0 Å². The number of ketones is 1. The molecular formula is C9H14N4O. The van der Waals surface area contributed by atoms with Gasteiger partial charge in [-0.05, 0) is 43.0 Å². The molecule has 1 fully saturated rings. The van der Waals surface area contributed by atoms with Gasteiger partial charge >= 0.3 is 0 Å². The molecule has 76 valence electrons. The van der Waals surface area contributed by atoms with Gasteiger partial charge in [-0.15, -0.1) is 5.10 Å². The van der Waals surface area contributed by atoms with Crippen LogP contribution in [0.4, 0.5) is 0 Å². The van der Waals surface area contributed by atoms with Crippen LogP contribution in [0.5, 0.6) is 0 Å². The molecule has 5 heteroatoms. The molecule has 1 heterocycles. The Morgan fingerprint density at radius 3 is 2.57 bits per heavy atom. The predicted molar refractivity (Wildman–Crippen MR) is 49.6 cm³/mol. The van der Waals surface area contributed by atoms with Crippen LogP contribution in [0.25, 0.3) is 0 Å². The third-order valence-corrected chi connectivity index (χ3v) is 3.05. The smallest absolute Gasteiger partial charge is 0.151 e. The number of aromatic amines is 1. The summed E-state index contributed by atoms with van der Waals surface area (Å²) >= 11 is 0. The molecule has 0 aromatic carbocycles. The van der Waals surface area contributed by atoms with E-state index in [0.29, 0.717) is 11.7 Å². The maximum Gasteiger partial charge on any atom is 0.151 e. The highest BCUT2D eigenvalue weighted by Crippen LogP contribution is 2.33. The van der Waals surface area contributed by atoms with Gasteiger partial charge in [0, 0.05) is 11.8 Å². The van der Waals surface area contributed by atoms with Crippen molar-refractivity contribution in [1.29, 1.82) is 0 Å². The molecule has 0 spiro atoms. The van der Waals surface area contributed by atoms with E-state index >= 15 is 0 Å². The van der Waals surface area contributed by atoms with Crippen LogP contribution in [0.2, 0.25) is 0 Å². The molecule has 0 aliphatic heterocycles. The van der Waals surface area contributed by atoms with Crippen molar-refractivity contribution in [2.24, 2.45) is 5.92 Å². The van der Waals surface area contributed by atoms with Crippen molar-refractivity contribution >= 4 is 5.78 Å². The molecule has 0 atom stereocenters. The van der Waals surface area contributed by atoms with Gasteiger partial charge in [0.2, 0.25) is 0 Å². The lowest BCUT2D eigenvalue weighted by Gasteiger charge is -2.24. The summed E-state index contributed by atoms with van der Waals surface area (Å²) in [5.74, 6) is 1.87. The standard InChI is InChI=1S/C9H14N4O/c1-6(14)7-2-4-8(5-3-7)9-10-12-13-11-9/h7-8H,2-5H2,1H3,(H,10,11,12,13)/t7-,8-. The number of hydrogen-bond donors (Lipinski definition) is 1. The van der Waals surface area contributed by atoms with Crippen LogP contribution in [0.15, 0.2) is 0 Å². The van der Waals surface area contributed by atoms with E-state index in [0.717, 1.165) is 31.5 Å². The first-order chi connectivity index (χ1) is 6.77. The molecule has 1 N–H and O–H groups in total. The number of hydrogen-bond acceptors (Lipinski definition) is 4. The summed E-state index contributed by atoms with van der Waals surface area (Å²) < 4.78 is 0. The van der Waals surface area contributed by atoms with Crippen LogP contribution in [0.3, 0.4) is 0 Å². The highest BCUT2D eigenvalue weighted by Gasteiger charge is 2.26. The molecule has 1 aliphatic rings. The SMILES string of the molecule is CC(=O)[C@H]1CC[C@H](c2nnn[nH]2)CC1. The number of carbonyl (C=O) groups is 1. The minimum absolute atomic E-state index is 0.266. The van der Waals surface area contributed by atoms with Crippen LogP contribution in [0.1, 0.15) is 44.3 Å². The molecule has 1 aliphatic carbocycles. The Labute approximate surface area is 82.3 Å². The van der Waals surface area contributed by atoms with Crippen LogP contribution in [-0.4, -0.2) is 26.4 Å². The highest BCUT2D eigenvalue weighted by atomic mass is 16.1. The van der Waals surface area contributed by atoms with Crippen molar-refractivity contribution in [3.63, 3.8) is 0 Å². The number of tetrazole rings is 1. The third kappa shape index (κ3) is 1.81. The Kier molecular flexibility index (Phi) is 2.56. The topological polar surface area (TPSA) is 71.5 Å². The molecule has 1 aromatic heterocycles. The number of Topliss-reactive ketones (excluding diaryl/α,β-unsaturated/α-hetero) is 1. The lowest BCUT2D eigenvalue weighted by atomic mass is 9.80. The van der Waals surface area contributed by atoms with E-state index < -0.39 is 0 Å². The molecule has 0 amide bonds. The number of aromatic nitrogens is 4. The molecule has 1 aromatic rings. The van der Waals surface area contributed by atoms with Gasteiger partial charge in [0.05, 0.1) is 0 Å².